The summed E-state index contributed by atoms with van der Waals surface area (Å²) in [4.78, 5) is 0. The van der Waals surface area contributed by atoms with Crippen molar-refractivity contribution >= 4 is 32.4 Å². The Morgan fingerprint density at radius 1 is 1.13 bits per heavy atom. The predicted molar refractivity (Wildman–Crippen MR) is 93.7 cm³/mol. The van der Waals surface area contributed by atoms with Crippen molar-refractivity contribution in [2.24, 2.45) is 17.4 Å². The Bertz CT molecular complexity index is 855. The largest absolute Gasteiger partial charge is 0.497 e. The first-order valence-corrected chi connectivity index (χ1v) is 8.09. The molecule has 6 heteroatoms. The van der Waals surface area contributed by atoms with Crippen molar-refractivity contribution in [2.75, 3.05) is 19.2 Å². The fourth-order valence-electron chi connectivity index (χ4n) is 2.26. The Morgan fingerprint density at radius 2 is 1.87 bits per heavy atom. The molecule has 5 nitrogen and oxygen atoms in total. The summed E-state index contributed by atoms with van der Waals surface area (Å²) in [5, 5.41) is 11.3. The number of thiazole rings is 1. The van der Waals surface area contributed by atoms with Crippen LogP contribution >= 0.6 is 11.3 Å². The summed E-state index contributed by atoms with van der Waals surface area (Å²) >= 11 is 1.59. The molecule has 0 atom stereocenters. The lowest BCUT2D eigenvalue weighted by Crippen LogP contribution is -2.25. The van der Waals surface area contributed by atoms with E-state index in [0.717, 1.165) is 26.8 Å². The molecule has 0 amide bonds. The second kappa shape index (κ2) is 6.34. The third-order valence-electron chi connectivity index (χ3n) is 3.69. The maximum atomic E-state index is 5.27. The minimum atomic E-state index is 0.840. The van der Waals surface area contributed by atoms with Gasteiger partial charge in [0, 0.05) is 13.1 Å². The molecule has 0 saturated carbocycles. The first kappa shape index (κ1) is 15.4. The van der Waals surface area contributed by atoms with E-state index in [9.17, 15) is 0 Å². The number of methoxy groups -OCH3 is 1. The Kier molecular flexibility index (Phi) is 4.25. The van der Waals surface area contributed by atoms with Crippen molar-refractivity contribution in [2.45, 2.75) is 6.92 Å². The average molecular weight is 327 g/mol. The van der Waals surface area contributed by atoms with Gasteiger partial charge in [-0.05, 0) is 42.5 Å². The highest BCUT2D eigenvalue weighted by molar-refractivity contribution is 7.21. The number of anilines is 1. The van der Waals surface area contributed by atoms with Crippen LogP contribution in [0.1, 0.15) is 5.56 Å². The van der Waals surface area contributed by atoms with Gasteiger partial charge in [-0.3, -0.25) is 0 Å². The van der Waals surface area contributed by atoms with Crippen LogP contribution in [-0.4, -0.2) is 14.2 Å². The minimum Gasteiger partial charge on any atom is -0.497 e. The van der Waals surface area contributed by atoms with Gasteiger partial charge < -0.3 is 4.74 Å². The maximum absolute atomic E-state index is 5.27. The quantitative estimate of drug-likeness (QED) is 0.410. The topological polar surface area (TPSA) is 41.1 Å². The van der Waals surface area contributed by atoms with Crippen molar-refractivity contribution in [1.29, 1.82) is 0 Å². The number of fused-ring (bicyclic) bond motifs is 1. The van der Waals surface area contributed by atoms with Crippen molar-refractivity contribution in [3.8, 4) is 5.75 Å². The van der Waals surface area contributed by atoms with Gasteiger partial charge in [-0.2, -0.15) is 0 Å². The Labute approximate surface area is 139 Å². The molecule has 0 saturated heterocycles. The van der Waals surface area contributed by atoms with Crippen LogP contribution in [0.2, 0.25) is 0 Å². The van der Waals surface area contributed by atoms with E-state index in [1.54, 1.807) is 23.5 Å². The lowest BCUT2D eigenvalue weighted by atomic mass is 10.2. The summed E-state index contributed by atoms with van der Waals surface area (Å²) < 4.78 is 8.43. The van der Waals surface area contributed by atoms with Crippen molar-refractivity contribution < 1.29 is 9.30 Å². The highest BCUT2D eigenvalue weighted by Crippen LogP contribution is 2.29. The third-order valence-corrected chi connectivity index (χ3v) is 4.77. The molecule has 1 heterocycles. The molecule has 0 aliphatic carbocycles. The van der Waals surface area contributed by atoms with E-state index >= 15 is 0 Å². The van der Waals surface area contributed by atoms with Gasteiger partial charge in [0.15, 0.2) is 0 Å². The van der Waals surface area contributed by atoms with E-state index in [0.29, 0.717) is 0 Å². The number of rotatable bonds is 4. The first-order chi connectivity index (χ1) is 11.1. The lowest BCUT2D eigenvalue weighted by Gasteiger charge is -2.07. The maximum Gasteiger partial charge on any atom is 0.411 e. The molecular formula is C17H19N4OS+. The molecule has 1 aromatic heterocycles. The van der Waals surface area contributed by atoms with E-state index in [1.165, 1.54) is 5.56 Å². The van der Waals surface area contributed by atoms with Crippen LogP contribution in [0.3, 0.4) is 0 Å². The Hall–Kier alpha value is -2.47. The van der Waals surface area contributed by atoms with E-state index < -0.39 is 0 Å². The molecule has 0 bridgehead atoms. The van der Waals surface area contributed by atoms with Gasteiger partial charge in [-0.25, -0.2) is 9.58 Å². The smallest absolute Gasteiger partial charge is 0.411 e. The van der Waals surface area contributed by atoms with E-state index in [2.05, 4.69) is 29.4 Å². The summed E-state index contributed by atoms with van der Waals surface area (Å²) in [6.45, 7) is 2.07. The van der Waals surface area contributed by atoms with Crippen LogP contribution in [0.4, 0.5) is 10.8 Å². The zero-order valence-corrected chi connectivity index (χ0v) is 14.5. The molecule has 2 aromatic carbocycles. The third kappa shape index (κ3) is 3.17. The van der Waals surface area contributed by atoms with Gasteiger partial charge in [0.25, 0.3) is 0 Å². The van der Waals surface area contributed by atoms with E-state index in [4.69, 9.17) is 4.74 Å². The molecular weight excluding hydrogens is 308 g/mol. The van der Waals surface area contributed by atoms with Gasteiger partial charge >= 0.3 is 5.13 Å². The fraction of sp³-hybridized carbons (Fsp3) is 0.235. The zero-order valence-electron chi connectivity index (χ0n) is 13.6. The lowest BCUT2D eigenvalue weighted by molar-refractivity contribution is -0.627. The van der Waals surface area contributed by atoms with Crippen LogP contribution in [0.5, 0.6) is 5.75 Å². The van der Waals surface area contributed by atoms with Gasteiger partial charge in [-0.15, -0.1) is 0 Å². The highest BCUT2D eigenvalue weighted by Gasteiger charge is 2.17. The first-order valence-electron chi connectivity index (χ1n) is 7.27. The number of hydrogen-bond acceptors (Lipinski definition) is 4. The van der Waals surface area contributed by atoms with Crippen molar-refractivity contribution in [1.82, 2.24) is 0 Å². The number of aryl methyl sites for hydroxylation is 2. The molecule has 3 rings (SSSR count). The van der Waals surface area contributed by atoms with Crippen LogP contribution in [-0.2, 0) is 7.05 Å². The summed E-state index contributed by atoms with van der Waals surface area (Å²) in [5.41, 5.74) is 3.34. The van der Waals surface area contributed by atoms with E-state index in [-0.39, 0.29) is 0 Å². The number of aromatic nitrogens is 1. The monoisotopic (exact) mass is 327 g/mol. The average Bonchev–Trinajstić information content (AvgIpc) is 2.88. The van der Waals surface area contributed by atoms with Crippen LogP contribution < -0.4 is 14.3 Å². The summed E-state index contributed by atoms with van der Waals surface area (Å²) in [7, 11) is 5.56. The SMILES string of the molecule is COc1ccc2c(c1)sc(N=NN(C)c1ccc(C)cc1)[n+]2C. The molecule has 0 spiro atoms. The van der Waals surface area contributed by atoms with E-state index in [1.807, 2.05) is 49.0 Å². The minimum absolute atomic E-state index is 0.840. The fourth-order valence-corrected chi connectivity index (χ4v) is 3.25. The van der Waals surface area contributed by atoms with Gasteiger partial charge in [0.1, 0.15) is 16.4 Å². The molecule has 3 aromatic rings. The van der Waals surface area contributed by atoms with Crippen LogP contribution in [0.25, 0.3) is 10.2 Å². The number of nitrogens with zero attached hydrogens (tertiary/aromatic N) is 4. The van der Waals surface area contributed by atoms with Crippen LogP contribution in [0, 0.1) is 6.92 Å². The van der Waals surface area contributed by atoms with Gasteiger partial charge in [0.05, 0.1) is 29.8 Å². The molecule has 0 unspecified atom stereocenters. The molecule has 0 fully saturated rings. The molecule has 0 aliphatic rings. The van der Waals surface area contributed by atoms with Crippen molar-refractivity contribution in [3.05, 3.63) is 48.0 Å². The van der Waals surface area contributed by atoms with Crippen molar-refractivity contribution in [3.63, 3.8) is 0 Å². The Morgan fingerprint density at radius 3 is 2.57 bits per heavy atom. The van der Waals surface area contributed by atoms with Gasteiger partial charge in [-0.1, -0.05) is 17.7 Å². The summed E-state index contributed by atoms with van der Waals surface area (Å²) in [5.74, 6) is 0.847. The molecule has 0 N–H and O–H groups in total. The number of benzene rings is 2. The summed E-state index contributed by atoms with van der Waals surface area (Å²) in [6.07, 6.45) is 0. The summed E-state index contributed by atoms with van der Waals surface area (Å²) in [6, 6.07) is 14.2. The number of ether oxygens (including phenoxy) is 1. The molecule has 0 radical (unpaired) electrons. The second-order valence-corrected chi connectivity index (χ2v) is 6.34. The molecule has 118 valence electrons. The molecule has 0 aliphatic heterocycles. The standard InChI is InChI=1S/C17H19N4OS/c1-12-5-7-13(8-6-12)21(3)19-18-17-20(2)15-10-9-14(22-4)11-16(15)23-17/h5-11H,1-4H3/q+1. The van der Waals surface area contributed by atoms with Crippen LogP contribution in [0.15, 0.2) is 52.8 Å². The van der Waals surface area contributed by atoms with Gasteiger partial charge in [0.2, 0.25) is 0 Å². The highest BCUT2D eigenvalue weighted by atomic mass is 32.1. The Balaban J connectivity index is 1.88. The zero-order chi connectivity index (χ0) is 16.4. The normalized spacial score (nSPS) is 11.3. The second-order valence-electron chi connectivity index (χ2n) is 5.33. The molecule has 23 heavy (non-hydrogen) atoms. The number of hydrogen-bond donors (Lipinski definition) is 0. The predicted octanol–water partition coefficient (Wildman–Crippen LogP) is 4.18.